The van der Waals surface area contributed by atoms with Gasteiger partial charge in [0.25, 0.3) is 0 Å². The van der Waals surface area contributed by atoms with Crippen molar-refractivity contribution in [2.45, 2.75) is 31.3 Å². The molecule has 0 atom stereocenters. The van der Waals surface area contributed by atoms with Crippen molar-refractivity contribution in [1.29, 1.82) is 0 Å². The van der Waals surface area contributed by atoms with E-state index in [-0.39, 0.29) is 25.7 Å². The van der Waals surface area contributed by atoms with Crippen molar-refractivity contribution in [3.8, 4) is 0 Å². The molecule has 0 radical (unpaired) electrons. The molecule has 2 N–H and O–H groups in total. The van der Waals surface area contributed by atoms with Crippen LogP contribution in [-0.2, 0) is 21.3 Å². The first-order valence-corrected chi connectivity index (χ1v) is 7.96. The quantitative estimate of drug-likeness (QED) is 0.710. The Morgan fingerprint density at radius 2 is 1.95 bits per heavy atom. The molecule has 0 saturated carbocycles. The second kappa shape index (κ2) is 7.79. The van der Waals surface area contributed by atoms with Crippen LogP contribution in [0.25, 0.3) is 0 Å². The first-order chi connectivity index (χ1) is 9.77. The van der Waals surface area contributed by atoms with E-state index >= 15 is 0 Å². The summed E-state index contributed by atoms with van der Waals surface area (Å²) >= 11 is 0. The van der Waals surface area contributed by atoms with Gasteiger partial charge >= 0.3 is 0 Å². The van der Waals surface area contributed by atoms with Gasteiger partial charge in [-0.2, -0.15) is 0 Å². The molecule has 0 aromatic heterocycles. The summed E-state index contributed by atoms with van der Waals surface area (Å²) in [6, 6.07) is 2.25. The molecule has 0 aliphatic rings. The van der Waals surface area contributed by atoms with Crippen LogP contribution >= 0.6 is 0 Å². The minimum absolute atomic E-state index is 0.0195. The third-order valence-electron chi connectivity index (χ3n) is 2.66. The molecular formula is C13H20F2N2O3S. The zero-order valence-corrected chi connectivity index (χ0v) is 13.1. The zero-order valence-electron chi connectivity index (χ0n) is 12.2. The van der Waals surface area contributed by atoms with E-state index in [0.717, 1.165) is 12.1 Å². The molecule has 5 nitrogen and oxygen atoms in total. The van der Waals surface area contributed by atoms with Crippen LogP contribution in [0.15, 0.2) is 17.0 Å². The van der Waals surface area contributed by atoms with Crippen LogP contribution in [0.4, 0.5) is 8.78 Å². The molecule has 0 heterocycles. The monoisotopic (exact) mass is 322 g/mol. The lowest BCUT2D eigenvalue weighted by atomic mass is 10.2. The van der Waals surface area contributed by atoms with Crippen LogP contribution in [0.5, 0.6) is 0 Å². The molecule has 120 valence electrons. The number of benzene rings is 1. The van der Waals surface area contributed by atoms with Gasteiger partial charge in [0.15, 0.2) is 11.6 Å². The van der Waals surface area contributed by atoms with Crippen LogP contribution in [0.1, 0.15) is 19.4 Å². The summed E-state index contributed by atoms with van der Waals surface area (Å²) in [5.41, 5.74) is 0.356. The van der Waals surface area contributed by atoms with Gasteiger partial charge in [-0.05, 0) is 17.7 Å². The summed E-state index contributed by atoms with van der Waals surface area (Å²) in [6.07, 6.45) is 0. The highest BCUT2D eigenvalue weighted by molar-refractivity contribution is 7.89. The van der Waals surface area contributed by atoms with E-state index in [1.807, 2.05) is 13.8 Å². The van der Waals surface area contributed by atoms with E-state index in [1.165, 1.54) is 7.11 Å². The summed E-state index contributed by atoms with van der Waals surface area (Å²) in [5, 5.41) is 3.02. The Hall–Kier alpha value is -1.09. The maximum Gasteiger partial charge on any atom is 0.243 e. The first kappa shape index (κ1) is 18.0. The lowest BCUT2D eigenvalue weighted by Crippen LogP contribution is -2.28. The fourth-order valence-corrected chi connectivity index (χ4v) is 2.74. The normalized spacial score (nSPS) is 12.1. The lowest BCUT2D eigenvalue weighted by molar-refractivity contribution is 0.204. The van der Waals surface area contributed by atoms with E-state index in [2.05, 4.69) is 10.0 Å². The molecule has 0 amide bonds. The SMILES string of the molecule is COCCNS(=O)(=O)c1cc(CNC(C)C)cc(F)c1F. The van der Waals surface area contributed by atoms with E-state index in [1.54, 1.807) is 0 Å². The minimum Gasteiger partial charge on any atom is -0.383 e. The predicted molar refractivity (Wildman–Crippen MR) is 75.4 cm³/mol. The maximum absolute atomic E-state index is 13.7. The average molecular weight is 322 g/mol. The van der Waals surface area contributed by atoms with Crippen molar-refractivity contribution in [2.24, 2.45) is 0 Å². The highest BCUT2D eigenvalue weighted by Gasteiger charge is 2.22. The number of ether oxygens (including phenoxy) is 1. The first-order valence-electron chi connectivity index (χ1n) is 6.48. The number of nitrogens with one attached hydrogen (secondary N) is 2. The third kappa shape index (κ3) is 5.31. The Labute approximate surface area is 123 Å². The van der Waals surface area contributed by atoms with E-state index < -0.39 is 26.6 Å². The highest BCUT2D eigenvalue weighted by atomic mass is 32.2. The summed E-state index contributed by atoms with van der Waals surface area (Å²) in [4.78, 5) is -0.695. The highest BCUT2D eigenvalue weighted by Crippen LogP contribution is 2.20. The molecule has 0 saturated heterocycles. The second-order valence-electron chi connectivity index (χ2n) is 4.82. The molecule has 1 aromatic carbocycles. The summed E-state index contributed by atoms with van der Waals surface area (Å²) in [5.74, 6) is -2.57. The third-order valence-corrected chi connectivity index (χ3v) is 4.12. The molecule has 0 aliphatic carbocycles. The van der Waals surface area contributed by atoms with Crippen molar-refractivity contribution in [2.75, 3.05) is 20.3 Å². The molecule has 0 bridgehead atoms. The number of halogens is 2. The molecule has 1 rings (SSSR count). The molecule has 0 spiro atoms. The molecule has 21 heavy (non-hydrogen) atoms. The Balaban J connectivity index is 3.04. The Morgan fingerprint density at radius 3 is 2.52 bits per heavy atom. The van der Waals surface area contributed by atoms with Crippen LogP contribution in [0.2, 0.25) is 0 Å². The Kier molecular flexibility index (Phi) is 6.66. The van der Waals surface area contributed by atoms with Crippen molar-refractivity contribution in [3.05, 3.63) is 29.3 Å². The molecule has 8 heteroatoms. The number of hydrogen-bond acceptors (Lipinski definition) is 4. The largest absolute Gasteiger partial charge is 0.383 e. The molecule has 0 aliphatic heterocycles. The van der Waals surface area contributed by atoms with Gasteiger partial charge < -0.3 is 10.1 Å². The number of sulfonamides is 1. The number of methoxy groups -OCH3 is 1. The maximum atomic E-state index is 13.7. The topological polar surface area (TPSA) is 67.4 Å². The van der Waals surface area contributed by atoms with E-state index in [4.69, 9.17) is 4.74 Å². The average Bonchev–Trinajstić information content (AvgIpc) is 2.39. The predicted octanol–water partition coefficient (Wildman–Crippen LogP) is 1.39. The number of hydrogen-bond donors (Lipinski definition) is 2. The summed E-state index contributed by atoms with van der Waals surface area (Å²) in [6.45, 7) is 4.15. The smallest absolute Gasteiger partial charge is 0.243 e. The van der Waals surface area contributed by atoms with Crippen LogP contribution in [-0.4, -0.2) is 34.7 Å². The van der Waals surface area contributed by atoms with Crippen LogP contribution in [0, 0.1) is 11.6 Å². The fourth-order valence-electron chi connectivity index (χ4n) is 1.59. The lowest BCUT2D eigenvalue weighted by Gasteiger charge is -2.12. The van der Waals surface area contributed by atoms with Crippen LogP contribution in [0.3, 0.4) is 0 Å². The van der Waals surface area contributed by atoms with Crippen molar-refractivity contribution >= 4 is 10.0 Å². The van der Waals surface area contributed by atoms with Gasteiger partial charge in [0.1, 0.15) is 4.90 Å². The summed E-state index contributed by atoms with van der Waals surface area (Å²) in [7, 11) is -2.71. The molecular weight excluding hydrogens is 302 g/mol. The Bertz CT molecular complexity index is 577. The van der Waals surface area contributed by atoms with Crippen molar-refractivity contribution in [3.63, 3.8) is 0 Å². The van der Waals surface area contributed by atoms with Gasteiger partial charge in [0, 0.05) is 26.2 Å². The van der Waals surface area contributed by atoms with Crippen molar-refractivity contribution in [1.82, 2.24) is 10.0 Å². The van der Waals surface area contributed by atoms with Gasteiger partial charge in [-0.25, -0.2) is 21.9 Å². The van der Waals surface area contributed by atoms with Gasteiger partial charge in [0.05, 0.1) is 6.61 Å². The van der Waals surface area contributed by atoms with E-state index in [9.17, 15) is 17.2 Å². The standard InChI is InChI=1S/C13H20F2N2O3S/c1-9(2)16-8-10-6-11(14)13(15)12(7-10)21(18,19)17-4-5-20-3/h6-7,9,16-17H,4-5,8H2,1-3H3. The van der Waals surface area contributed by atoms with Gasteiger partial charge in [-0.15, -0.1) is 0 Å². The zero-order chi connectivity index (χ0) is 16.0. The molecule has 0 unspecified atom stereocenters. The molecule has 1 aromatic rings. The molecule has 0 fully saturated rings. The van der Waals surface area contributed by atoms with Crippen LogP contribution < -0.4 is 10.0 Å². The van der Waals surface area contributed by atoms with Gasteiger partial charge in [0.2, 0.25) is 10.0 Å². The minimum atomic E-state index is -4.12. The van der Waals surface area contributed by atoms with Gasteiger partial charge in [-0.3, -0.25) is 0 Å². The Morgan fingerprint density at radius 1 is 1.29 bits per heavy atom. The second-order valence-corrected chi connectivity index (χ2v) is 6.55. The van der Waals surface area contributed by atoms with E-state index in [0.29, 0.717) is 5.56 Å². The van der Waals surface area contributed by atoms with Gasteiger partial charge in [-0.1, -0.05) is 13.8 Å². The van der Waals surface area contributed by atoms with Crippen molar-refractivity contribution < 1.29 is 21.9 Å². The fraction of sp³-hybridized carbons (Fsp3) is 0.538. The number of rotatable bonds is 8. The summed E-state index contributed by atoms with van der Waals surface area (Å²) < 4.78 is 58.1.